The molecular formula is C11H16F3NO2. The molecule has 0 aromatic heterocycles. The topological polar surface area (TPSA) is 38.3 Å². The molecule has 6 heteroatoms. The van der Waals surface area contributed by atoms with Gasteiger partial charge in [0.1, 0.15) is 0 Å². The quantitative estimate of drug-likeness (QED) is 0.761. The highest BCUT2D eigenvalue weighted by molar-refractivity contribution is 5.75. The molecule has 1 spiro atoms. The van der Waals surface area contributed by atoms with Crippen molar-refractivity contribution in [2.75, 3.05) is 19.7 Å². The predicted octanol–water partition coefficient (Wildman–Crippen LogP) is 1.87. The lowest BCUT2D eigenvalue weighted by molar-refractivity contribution is -0.203. The van der Waals surface area contributed by atoms with Crippen LogP contribution in [0.4, 0.5) is 13.2 Å². The van der Waals surface area contributed by atoms with Crippen LogP contribution in [0.25, 0.3) is 0 Å². The first-order valence-corrected chi connectivity index (χ1v) is 5.86. The van der Waals surface area contributed by atoms with E-state index in [0.717, 1.165) is 38.8 Å². The molecule has 0 aromatic carbocycles. The number of esters is 1. The summed E-state index contributed by atoms with van der Waals surface area (Å²) in [5.41, 5.74) is 0.306. The molecule has 2 fully saturated rings. The smallest absolute Gasteiger partial charge is 0.459 e. The Balaban J connectivity index is 1.69. The molecule has 3 nitrogen and oxygen atoms in total. The second-order valence-corrected chi connectivity index (χ2v) is 5.12. The minimum atomic E-state index is -4.86. The SMILES string of the molecule is O=C(OCC1CC2(CCNCC2)C1)C(F)(F)F. The maximum absolute atomic E-state index is 11.9. The fourth-order valence-corrected chi connectivity index (χ4v) is 2.92. The van der Waals surface area contributed by atoms with Gasteiger partial charge in [-0.05, 0) is 50.1 Å². The molecule has 98 valence electrons. The molecule has 2 rings (SSSR count). The van der Waals surface area contributed by atoms with E-state index in [1.165, 1.54) is 0 Å². The zero-order valence-corrected chi connectivity index (χ0v) is 9.48. The maximum atomic E-state index is 11.9. The number of alkyl halides is 3. The van der Waals surface area contributed by atoms with Crippen LogP contribution in [0.5, 0.6) is 0 Å². The molecule has 17 heavy (non-hydrogen) atoms. The number of halogens is 3. The molecule has 0 bridgehead atoms. The number of hydrogen-bond donors (Lipinski definition) is 1. The van der Waals surface area contributed by atoms with Crippen LogP contribution in [-0.4, -0.2) is 31.8 Å². The lowest BCUT2D eigenvalue weighted by atomic mass is 9.58. The van der Waals surface area contributed by atoms with Gasteiger partial charge in [0.25, 0.3) is 0 Å². The van der Waals surface area contributed by atoms with Gasteiger partial charge in [0, 0.05) is 0 Å². The van der Waals surface area contributed by atoms with Gasteiger partial charge in [-0.2, -0.15) is 13.2 Å². The molecule has 1 heterocycles. The Morgan fingerprint density at radius 3 is 2.41 bits per heavy atom. The predicted molar refractivity (Wildman–Crippen MR) is 54.3 cm³/mol. The van der Waals surface area contributed by atoms with Crippen LogP contribution in [-0.2, 0) is 9.53 Å². The van der Waals surface area contributed by atoms with Crippen LogP contribution in [0.1, 0.15) is 25.7 Å². The molecule has 0 unspecified atom stereocenters. The Morgan fingerprint density at radius 1 is 1.29 bits per heavy atom. The average molecular weight is 251 g/mol. The fraction of sp³-hybridized carbons (Fsp3) is 0.909. The number of piperidine rings is 1. The summed E-state index contributed by atoms with van der Waals surface area (Å²) >= 11 is 0. The van der Waals surface area contributed by atoms with Crippen molar-refractivity contribution in [1.29, 1.82) is 0 Å². The number of rotatable bonds is 2. The summed E-state index contributed by atoms with van der Waals surface area (Å²) in [7, 11) is 0. The number of nitrogens with one attached hydrogen (secondary N) is 1. The molecule has 1 N–H and O–H groups in total. The van der Waals surface area contributed by atoms with Gasteiger partial charge >= 0.3 is 12.1 Å². The molecule has 2 aliphatic rings. The van der Waals surface area contributed by atoms with Crippen molar-refractivity contribution >= 4 is 5.97 Å². The maximum Gasteiger partial charge on any atom is 0.490 e. The summed E-state index contributed by atoms with van der Waals surface area (Å²) in [5, 5.41) is 3.26. The largest absolute Gasteiger partial charge is 0.490 e. The first-order valence-electron chi connectivity index (χ1n) is 5.86. The van der Waals surface area contributed by atoms with Crippen molar-refractivity contribution in [3.8, 4) is 0 Å². The van der Waals surface area contributed by atoms with Gasteiger partial charge in [-0.15, -0.1) is 0 Å². The third-order valence-corrected chi connectivity index (χ3v) is 3.79. The lowest BCUT2D eigenvalue weighted by Gasteiger charge is -2.50. The van der Waals surface area contributed by atoms with E-state index in [0.29, 0.717) is 5.41 Å². The van der Waals surface area contributed by atoms with Crippen molar-refractivity contribution in [3.05, 3.63) is 0 Å². The highest BCUT2D eigenvalue weighted by atomic mass is 19.4. The van der Waals surface area contributed by atoms with Crippen LogP contribution >= 0.6 is 0 Å². The van der Waals surface area contributed by atoms with Crippen LogP contribution in [0.2, 0.25) is 0 Å². The molecule has 0 aromatic rings. The lowest BCUT2D eigenvalue weighted by Crippen LogP contribution is -2.47. The Morgan fingerprint density at radius 2 is 1.88 bits per heavy atom. The van der Waals surface area contributed by atoms with E-state index in [2.05, 4.69) is 10.1 Å². The minimum Gasteiger partial charge on any atom is -0.459 e. The molecule has 1 saturated carbocycles. The van der Waals surface area contributed by atoms with Gasteiger partial charge < -0.3 is 10.1 Å². The second-order valence-electron chi connectivity index (χ2n) is 5.12. The Bertz CT molecular complexity index is 290. The van der Waals surface area contributed by atoms with E-state index >= 15 is 0 Å². The van der Waals surface area contributed by atoms with E-state index < -0.39 is 12.1 Å². The van der Waals surface area contributed by atoms with Crippen molar-refractivity contribution in [2.45, 2.75) is 31.9 Å². The van der Waals surface area contributed by atoms with E-state index in [1.54, 1.807) is 0 Å². The van der Waals surface area contributed by atoms with E-state index in [-0.39, 0.29) is 12.5 Å². The van der Waals surface area contributed by atoms with Gasteiger partial charge in [0.05, 0.1) is 6.61 Å². The van der Waals surface area contributed by atoms with E-state index in [9.17, 15) is 18.0 Å². The number of ether oxygens (including phenoxy) is 1. The third-order valence-electron chi connectivity index (χ3n) is 3.79. The molecule has 1 aliphatic heterocycles. The van der Waals surface area contributed by atoms with Crippen molar-refractivity contribution < 1.29 is 22.7 Å². The Hall–Kier alpha value is -0.780. The monoisotopic (exact) mass is 251 g/mol. The van der Waals surface area contributed by atoms with Gasteiger partial charge in [-0.1, -0.05) is 0 Å². The summed E-state index contributed by atoms with van der Waals surface area (Å²) in [5.74, 6) is -1.96. The first kappa shape index (κ1) is 12.7. The number of carbonyl (C=O) groups is 1. The average Bonchev–Trinajstić information content (AvgIpc) is 2.23. The summed E-state index contributed by atoms with van der Waals surface area (Å²) in [6.07, 6.45) is -0.927. The van der Waals surface area contributed by atoms with Crippen LogP contribution in [0.15, 0.2) is 0 Å². The minimum absolute atomic E-state index is 0.0898. The molecule has 0 atom stereocenters. The van der Waals surface area contributed by atoms with Crippen molar-refractivity contribution in [1.82, 2.24) is 5.32 Å². The highest BCUT2D eigenvalue weighted by Crippen LogP contribution is 2.51. The number of carbonyl (C=O) groups excluding carboxylic acids is 1. The Labute approximate surface area is 97.7 Å². The number of hydrogen-bond acceptors (Lipinski definition) is 3. The molecule has 0 amide bonds. The van der Waals surface area contributed by atoms with Crippen molar-refractivity contribution in [2.24, 2.45) is 11.3 Å². The van der Waals surface area contributed by atoms with E-state index in [4.69, 9.17) is 0 Å². The Kier molecular flexibility index (Phi) is 3.34. The van der Waals surface area contributed by atoms with Gasteiger partial charge in [0.15, 0.2) is 0 Å². The molecule has 0 radical (unpaired) electrons. The highest BCUT2D eigenvalue weighted by Gasteiger charge is 2.46. The molecular weight excluding hydrogens is 235 g/mol. The normalized spacial score (nSPS) is 24.4. The first-order chi connectivity index (χ1) is 7.91. The van der Waals surface area contributed by atoms with Gasteiger partial charge in [-0.3, -0.25) is 0 Å². The standard InChI is InChI=1S/C11H16F3NO2/c12-11(13,14)9(16)17-7-8-5-10(6-8)1-3-15-4-2-10/h8,15H,1-7H2. The van der Waals surface area contributed by atoms with Crippen LogP contribution < -0.4 is 5.32 Å². The van der Waals surface area contributed by atoms with Crippen LogP contribution in [0, 0.1) is 11.3 Å². The van der Waals surface area contributed by atoms with E-state index in [1.807, 2.05) is 0 Å². The summed E-state index contributed by atoms with van der Waals surface area (Å²) in [4.78, 5) is 10.5. The fourth-order valence-electron chi connectivity index (χ4n) is 2.92. The summed E-state index contributed by atoms with van der Waals surface area (Å²) in [6, 6.07) is 0. The zero-order chi connectivity index (χ0) is 12.5. The van der Waals surface area contributed by atoms with Gasteiger partial charge in [-0.25, -0.2) is 4.79 Å². The summed E-state index contributed by atoms with van der Waals surface area (Å²) in [6.45, 7) is 1.87. The third kappa shape index (κ3) is 2.91. The molecule has 1 aliphatic carbocycles. The van der Waals surface area contributed by atoms with Crippen molar-refractivity contribution in [3.63, 3.8) is 0 Å². The van der Waals surface area contributed by atoms with Crippen LogP contribution in [0.3, 0.4) is 0 Å². The summed E-state index contributed by atoms with van der Waals surface area (Å²) < 4.78 is 39.9. The van der Waals surface area contributed by atoms with Gasteiger partial charge in [0.2, 0.25) is 0 Å². The molecule has 1 saturated heterocycles. The zero-order valence-electron chi connectivity index (χ0n) is 9.48. The second kappa shape index (κ2) is 4.48.